The number of benzene rings is 2. The van der Waals surface area contributed by atoms with Crippen LogP contribution in [0.3, 0.4) is 0 Å². The van der Waals surface area contributed by atoms with E-state index < -0.39 is 0 Å². The van der Waals surface area contributed by atoms with Crippen LogP contribution >= 0.6 is 11.8 Å². The number of aromatic nitrogens is 4. The maximum Gasteiger partial charge on any atom is 0.262 e. The molecule has 1 aliphatic rings. The Morgan fingerprint density at radius 1 is 1.09 bits per heavy atom. The lowest BCUT2D eigenvalue weighted by Gasteiger charge is -2.13. The predicted octanol–water partition coefficient (Wildman–Crippen LogP) is 3.24. The summed E-state index contributed by atoms with van der Waals surface area (Å²) in [5.74, 6) is 0.928. The van der Waals surface area contributed by atoms with Crippen LogP contribution in [0, 0.1) is 0 Å². The van der Waals surface area contributed by atoms with Crippen molar-refractivity contribution in [3.05, 3.63) is 63.9 Å². The van der Waals surface area contributed by atoms with Gasteiger partial charge < -0.3 is 10.1 Å². The molecule has 1 aliphatic carbocycles. The molecule has 2 aromatic carbocycles. The quantitative estimate of drug-likeness (QED) is 0.312. The largest absolute Gasteiger partial charge is 0.497 e. The number of rotatable bonds is 7. The van der Waals surface area contributed by atoms with Crippen LogP contribution in [0.5, 0.6) is 5.75 Å². The van der Waals surface area contributed by atoms with Gasteiger partial charge in [-0.25, -0.2) is 0 Å². The second kappa shape index (κ2) is 9.53. The molecule has 0 aliphatic heterocycles. The number of carbonyl (C=O) groups excluding carboxylic acids is 2. The molecule has 1 N–H and O–H groups in total. The fourth-order valence-corrected chi connectivity index (χ4v) is 5.26. The van der Waals surface area contributed by atoms with E-state index in [0.29, 0.717) is 38.7 Å². The first kappa shape index (κ1) is 23.1. The lowest BCUT2D eigenvalue weighted by Crippen LogP contribution is -2.32. The highest BCUT2D eigenvalue weighted by atomic mass is 32.2. The maximum atomic E-state index is 12.9. The minimum atomic E-state index is -0.228. The minimum absolute atomic E-state index is 0.0693. The monoisotopic (exact) mass is 491 g/mol. The number of nitrogens with zero attached hydrogens (tertiary/aromatic N) is 4. The molecular formula is C25H25N5O4S. The van der Waals surface area contributed by atoms with E-state index in [9.17, 15) is 14.4 Å². The SMILES string of the molecule is COc1ccc(C(=O)CSc2nnc3n(C)c(=O)c4ccc(C(=O)NC5CCCC5)cc4n23)cc1. The summed E-state index contributed by atoms with van der Waals surface area (Å²) in [5, 5.41) is 12.4. The van der Waals surface area contributed by atoms with E-state index in [1.165, 1.54) is 16.3 Å². The van der Waals surface area contributed by atoms with Crippen LogP contribution in [0.25, 0.3) is 16.7 Å². The molecule has 1 amide bonds. The molecule has 5 rings (SSSR count). The summed E-state index contributed by atoms with van der Waals surface area (Å²) in [4.78, 5) is 38.5. The molecule has 0 unspecified atom stereocenters. The third-order valence-corrected chi connectivity index (χ3v) is 7.32. The Balaban J connectivity index is 1.48. The lowest BCUT2D eigenvalue weighted by molar-refractivity contribution is 0.0937. The molecule has 0 radical (unpaired) electrons. The van der Waals surface area contributed by atoms with Gasteiger partial charge in [0.2, 0.25) is 5.78 Å². The summed E-state index contributed by atoms with van der Waals surface area (Å²) in [6, 6.07) is 12.1. The molecule has 35 heavy (non-hydrogen) atoms. The maximum absolute atomic E-state index is 12.9. The van der Waals surface area contributed by atoms with Gasteiger partial charge in [-0.1, -0.05) is 24.6 Å². The van der Waals surface area contributed by atoms with Gasteiger partial charge in [-0.2, -0.15) is 0 Å². The average Bonchev–Trinajstić information content (AvgIpc) is 3.55. The number of Topliss-reactive ketones (excluding diaryl/α,β-unsaturated/α-hetero) is 1. The van der Waals surface area contributed by atoms with E-state index in [2.05, 4.69) is 15.5 Å². The summed E-state index contributed by atoms with van der Waals surface area (Å²) < 4.78 is 8.30. The molecule has 10 heteroatoms. The van der Waals surface area contributed by atoms with Crippen molar-refractivity contribution in [1.82, 2.24) is 24.5 Å². The van der Waals surface area contributed by atoms with Crippen LogP contribution < -0.4 is 15.6 Å². The van der Waals surface area contributed by atoms with Gasteiger partial charge in [0.15, 0.2) is 10.9 Å². The van der Waals surface area contributed by atoms with E-state index in [1.807, 2.05) is 0 Å². The lowest BCUT2D eigenvalue weighted by atomic mass is 10.1. The summed E-state index contributed by atoms with van der Waals surface area (Å²) in [6.07, 6.45) is 4.21. The molecule has 4 aromatic rings. The van der Waals surface area contributed by atoms with Crippen molar-refractivity contribution < 1.29 is 14.3 Å². The van der Waals surface area contributed by atoms with E-state index in [4.69, 9.17) is 4.74 Å². The van der Waals surface area contributed by atoms with Gasteiger partial charge >= 0.3 is 0 Å². The molecule has 0 saturated heterocycles. The Kier molecular flexibility index (Phi) is 6.29. The van der Waals surface area contributed by atoms with Gasteiger partial charge in [-0.15, -0.1) is 10.2 Å². The first-order chi connectivity index (χ1) is 17.0. The topological polar surface area (TPSA) is 108 Å². The van der Waals surface area contributed by atoms with Gasteiger partial charge in [0.05, 0.1) is 23.8 Å². The number of ketones is 1. The predicted molar refractivity (Wildman–Crippen MR) is 134 cm³/mol. The Morgan fingerprint density at radius 2 is 1.80 bits per heavy atom. The zero-order valence-corrected chi connectivity index (χ0v) is 20.3. The standard InChI is InChI=1S/C25H25N5O4S/c1-29-23(33)19-12-9-16(22(32)26-17-5-3-4-6-17)13-20(19)30-24(29)27-28-25(30)35-14-21(31)15-7-10-18(34-2)11-8-15/h7-13,17H,3-6,14H2,1-2H3,(H,26,32). The molecule has 0 atom stereocenters. The molecule has 0 spiro atoms. The fourth-order valence-electron chi connectivity index (χ4n) is 4.42. The van der Waals surface area contributed by atoms with Gasteiger partial charge in [0, 0.05) is 24.2 Å². The van der Waals surface area contributed by atoms with Crippen molar-refractivity contribution in [3.63, 3.8) is 0 Å². The van der Waals surface area contributed by atoms with Gasteiger partial charge in [-0.05, 0) is 55.3 Å². The third-order valence-electron chi connectivity index (χ3n) is 6.39. The van der Waals surface area contributed by atoms with Crippen molar-refractivity contribution in [2.45, 2.75) is 36.9 Å². The first-order valence-electron chi connectivity index (χ1n) is 11.4. The summed E-state index contributed by atoms with van der Waals surface area (Å²) in [5.41, 5.74) is 1.34. The number of aryl methyl sites for hydroxylation is 1. The third kappa shape index (κ3) is 4.41. The van der Waals surface area contributed by atoms with E-state index in [-0.39, 0.29) is 29.0 Å². The molecule has 1 fully saturated rings. The van der Waals surface area contributed by atoms with Crippen molar-refractivity contribution in [2.24, 2.45) is 7.05 Å². The Bertz CT molecular complexity index is 1490. The smallest absolute Gasteiger partial charge is 0.262 e. The highest BCUT2D eigenvalue weighted by Crippen LogP contribution is 2.24. The van der Waals surface area contributed by atoms with Crippen molar-refractivity contribution in [2.75, 3.05) is 12.9 Å². The van der Waals surface area contributed by atoms with E-state index in [0.717, 1.165) is 25.7 Å². The summed E-state index contributed by atoms with van der Waals surface area (Å²) in [6.45, 7) is 0. The van der Waals surface area contributed by atoms with Crippen LogP contribution in [0.4, 0.5) is 0 Å². The zero-order chi connectivity index (χ0) is 24.5. The van der Waals surface area contributed by atoms with Crippen LogP contribution in [-0.4, -0.2) is 49.8 Å². The molecule has 1 saturated carbocycles. The number of nitrogens with one attached hydrogen (secondary N) is 1. The van der Waals surface area contributed by atoms with Crippen LogP contribution in [0.2, 0.25) is 0 Å². The van der Waals surface area contributed by atoms with Crippen molar-refractivity contribution in [3.8, 4) is 5.75 Å². The first-order valence-corrected chi connectivity index (χ1v) is 12.4. The molecule has 2 heterocycles. The number of ether oxygens (including phenoxy) is 1. The zero-order valence-electron chi connectivity index (χ0n) is 19.5. The number of carbonyl (C=O) groups is 2. The number of hydrogen-bond donors (Lipinski definition) is 1. The van der Waals surface area contributed by atoms with Gasteiger partial charge in [-0.3, -0.25) is 23.4 Å². The highest BCUT2D eigenvalue weighted by Gasteiger charge is 2.21. The van der Waals surface area contributed by atoms with Crippen molar-refractivity contribution >= 4 is 40.1 Å². The molecular weight excluding hydrogens is 466 g/mol. The van der Waals surface area contributed by atoms with Gasteiger partial charge in [0.25, 0.3) is 11.5 Å². The Labute approximate surface area is 205 Å². The molecule has 180 valence electrons. The number of methoxy groups -OCH3 is 1. The van der Waals surface area contributed by atoms with E-state index in [1.54, 1.807) is 61.0 Å². The normalized spacial score (nSPS) is 14.0. The van der Waals surface area contributed by atoms with E-state index >= 15 is 0 Å². The highest BCUT2D eigenvalue weighted by molar-refractivity contribution is 7.99. The number of hydrogen-bond acceptors (Lipinski definition) is 7. The summed E-state index contributed by atoms with van der Waals surface area (Å²) in [7, 11) is 3.20. The van der Waals surface area contributed by atoms with Crippen LogP contribution in [0.1, 0.15) is 46.4 Å². The van der Waals surface area contributed by atoms with Crippen molar-refractivity contribution in [1.29, 1.82) is 0 Å². The molecule has 0 bridgehead atoms. The minimum Gasteiger partial charge on any atom is -0.497 e. The molecule has 2 aromatic heterocycles. The second-order valence-corrected chi connectivity index (χ2v) is 9.55. The fraction of sp³-hybridized carbons (Fsp3) is 0.320. The van der Waals surface area contributed by atoms with Crippen LogP contribution in [-0.2, 0) is 7.05 Å². The van der Waals surface area contributed by atoms with Gasteiger partial charge in [0.1, 0.15) is 5.75 Å². The number of amides is 1. The number of thioether (sulfide) groups is 1. The second-order valence-electron chi connectivity index (χ2n) is 8.61. The Hall–Kier alpha value is -3.66. The summed E-state index contributed by atoms with van der Waals surface area (Å²) >= 11 is 1.23. The van der Waals surface area contributed by atoms with Crippen LogP contribution in [0.15, 0.2) is 52.4 Å². The average molecular weight is 492 g/mol. The molecule has 9 nitrogen and oxygen atoms in total. The number of fused-ring (bicyclic) bond motifs is 3. The Morgan fingerprint density at radius 3 is 2.51 bits per heavy atom.